The second-order valence-corrected chi connectivity index (χ2v) is 8.85. The lowest BCUT2D eigenvalue weighted by atomic mass is 9.91. The van der Waals surface area contributed by atoms with Crippen LogP contribution >= 0.6 is 11.3 Å². The van der Waals surface area contributed by atoms with Crippen LogP contribution in [0.3, 0.4) is 0 Å². The van der Waals surface area contributed by atoms with E-state index in [4.69, 9.17) is 0 Å². The molecule has 2 aromatic carbocycles. The molecule has 0 saturated heterocycles. The van der Waals surface area contributed by atoms with Crippen LogP contribution in [0.5, 0.6) is 5.75 Å². The molecule has 0 bridgehead atoms. The van der Waals surface area contributed by atoms with Crippen molar-refractivity contribution in [3.63, 3.8) is 0 Å². The molecule has 5 rings (SSSR count). The SMILES string of the molecule is CN(C)CC1(c2ccc(-c3c(O)ccc4ncc5sccc5c34)cc2)CC1. The molecule has 1 aliphatic carbocycles. The number of rotatable bonds is 4. The standard InChI is InChI=1S/C23H22N2OS/c1-25(2)14-23(10-11-23)16-5-3-15(4-6-16)21-19(26)8-7-18-22(21)17-9-12-27-20(17)13-24-18/h3-9,12-13,26H,10-11,14H2,1-2H3. The van der Waals surface area contributed by atoms with Gasteiger partial charge in [-0.05, 0) is 61.6 Å². The van der Waals surface area contributed by atoms with E-state index in [2.05, 4.69) is 59.7 Å². The fourth-order valence-electron chi connectivity index (χ4n) is 4.29. The van der Waals surface area contributed by atoms with Gasteiger partial charge >= 0.3 is 0 Å². The Labute approximate surface area is 162 Å². The van der Waals surface area contributed by atoms with E-state index < -0.39 is 0 Å². The van der Waals surface area contributed by atoms with Crippen LogP contribution in [-0.2, 0) is 5.41 Å². The molecule has 1 aliphatic rings. The summed E-state index contributed by atoms with van der Waals surface area (Å²) in [7, 11) is 4.28. The molecule has 0 spiro atoms. The van der Waals surface area contributed by atoms with Gasteiger partial charge < -0.3 is 10.0 Å². The third-order valence-electron chi connectivity index (χ3n) is 5.71. The number of pyridine rings is 1. The van der Waals surface area contributed by atoms with Crippen LogP contribution in [0.4, 0.5) is 0 Å². The molecule has 0 unspecified atom stereocenters. The van der Waals surface area contributed by atoms with Crippen molar-refractivity contribution in [3.8, 4) is 16.9 Å². The highest BCUT2D eigenvalue weighted by Crippen LogP contribution is 2.49. The molecule has 1 N–H and O–H groups in total. The highest BCUT2D eigenvalue weighted by molar-refractivity contribution is 7.17. The van der Waals surface area contributed by atoms with Crippen LogP contribution in [-0.4, -0.2) is 35.6 Å². The van der Waals surface area contributed by atoms with Gasteiger partial charge in [-0.3, -0.25) is 4.98 Å². The monoisotopic (exact) mass is 374 g/mol. The number of fused-ring (bicyclic) bond motifs is 3. The topological polar surface area (TPSA) is 36.4 Å². The van der Waals surface area contributed by atoms with Crippen LogP contribution in [0.25, 0.3) is 32.1 Å². The largest absolute Gasteiger partial charge is 0.507 e. The first-order valence-electron chi connectivity index (χ1n) is 9.31. The van der Waals surface area contributed by atoms with E-state index in [-0.39, 0.29) is 0 Å². The molecule has 0 aliphatic heterocycles. The number of likely N-dealkylation sites (N-methyl/N-ethyl adjacent to an activating group) is 1. The van der Waals surface area contributed by atoms with Crippen molar-refractivity contribution in [2.24, 2.45) is 0 Å². The molecule has 27 heavy (non-hydrogen) atoms. The Balaban J connectivity index is 1.66. The Morgan fingerprint density at radius 1 is 1.07 bits per heavy atom. The first kappa shape index (κ1) is 16.7. The molecule has 4 aromatic rings. The van der Waals surface area contributed by atoms with Gasteiger partial charge in [0.15, 0.2) is 0 Å². The number of phenols is 1. The maximum atomic E-state index is 10.7. The number of nitrogens with zero attached hydrogens (tertiary/aromatic N) is 2. The van der Waals surface area contributed by atoms with Gasteiger partial charge in [0.1, 0.15) is 5.75 Å². The predicted molar refractivity (Wildman–Crippen MR) is 114 cm³/mol. The lowest BCUT2D eigenvalue weighted by Crippen LogP contribution is -2.25. The van der Waals surface area contributed by atoms with Crippen molar-refractivity contribution < 1.29 is 5.11 Å². The third kappa shape index (κ3) is 2.71. The number of benzene rings is 2. The Morgan fingerprint density at radius 3 is 2.56 bits per heavy atom. The number of phenolic OH excluding ortho intramolecular Hbond substituents is 1. The van der Waals surface area contributed by atoms with Gasteiger partial charge in [0.05, 0.1) is 10.2 Å². The number of aromatic nitrogens is 1. The quantitative estimate of drug-likeness (QED) is 0.518. The van der Waals surface area contributed by atoms with Gasteiger partial charge in [0.2, 0.25) is 0 Å². The normalized spacial score (nSPS) is 15.7. The summed E-state index contributed by atoms with van der Waals surface area (Å²) in [6.45, 7) is 1.09. The first-order chi connectivity index (χ1) is 13.1. The summed E-state index contributed by atoms with van der Waals surface area (Å²) >= 11 is 1.68. The van der Waals surface area contributed by atoms with E-state index >= 15 is 0 Å². The first-order valence-corrected chi connectivity index (χ1v) is 10.2. The van der Waals surface area contributed by atoms with Crippen molar-refractivity contribution >= 4 is 32.3 Å². The lowest BCUT2D eigenvalue weighted by Gasteiger charge is -2.21. The van der Waals surface area contributed by atoms with Crippen LogP contribution < -0.4 is 0 Å². The molecule has 4 heteroatoms. The van der Waals surface area contributed by atoms with Crippen molar-refractivity contribution in [2.45, 2.75) is 18.3 Å². The summed E-state index contributed by atoms with van der Waals surface area (Å²) in [5.41, 5.74) is 4.56. The van der Waals surface area contributed by atoms with Gasteiger partial charge in [-0.25, -0.2) is 0 Å². The number of hydrogen-bond acceptors (Lipinski definition) is 4. The molecule has 136 valence electrons. The van der Waals surface area contributed by atoms with Crippen molar-refractivity contribution in [1.82, 2.24) is 9.88 Å². The molecule has 2 aromatic heterocycles. The predicted octanol–water partition coefficient (Wildman–Crippen LogP) is 5.42. The van der Waals surface area contributed by atoms with Crippen molar-refractivity contribution in [3.05, 3.63) is 59.6 Å². The summed E-state index contributed by atoms with van der Waals surface area (Å²) in [6.07, 6.45) is 4.43. The zero-order valence-electron chi connectivity index (χ0n) is 15.6. The average Bonchev–Trinajstić information content (AvgIpc) is 3.26. The minimum absolute atomic E-state index is 0.310. The van der Waals surface area contributed by atoms with Crippen molar-refractivity contribution in [2.75, 3.05) is 20.6 Å². The minimum Gasteiger partial charge on any atom is -0.507 e. The minimum atomic E-state index is 0.310. The molecule has 0 amide bonds. The van der Waals surface area contributed by atoms with Crippen LogP contribution in [0, 0.1) is 0 Å². The van der Waals surface area contributed by atoms with E-state index in [1.54, 1.807) is 17.4 Å². The molecule has 1 saturated carbocycles. The fraction of sp³-hybridized carbons (Fsp3) is 0.261. The Kier molecular flexibility index (Phi) is 3.74. The smallest absolute Gasteiger partial charge is 0.124 e. The molecule has 1 fully saturated rings. The van der Waals surface area contributed by atoms with E-state index in [0.29, 0.717) is 11.2 Å². The maximum absolute atomic E-state index is 10.7. The highest BCUT2D eigenvalue weighted by Gasteiger charge is 2.44. The number of hydrogen-bond donors (Lipinski definition) is 1. The zero-order chi connectivity index (χ0) is 18.6. The van der Waals surface area contributed by atoms with E-state index in [1.807, 2.05) is 12.3 Å². The van der Waals surface area contributed by atoms with Gasteiger partial charge in [-0.2, -0.15) is 0 Å². The van der Waals surface area contributed by atoms with Gasteiger partial charge in [-0.15, -0.1) is 11.3 Å². The average molecular weight is 375 g/mol. The second-order valence-electron chi connectivity index (χ2n) is 7.91. The second kappa shape index (κ2) is 6.04. The maximum Gasteiger partial charge on any atom is 0.124 e. The molecular formula is C23H22N2OS. The molecule has 0 radical (unpaired) electrons. The van der Waals surface area contributed by atoms with E-state index in [9.17, 15) is 5.11 Å². The van der Waals surface area contributed by atoms with E-state index in [1.165, 1.54) is 18.4 Å². The summed E-state index contributed by atoms with van der Waals surface area (Å²) in [5.74, 6) is 0.310. The summed E-state index contributed by atoms with van der Waals surface area (Å²) in [5, 5.41) is 15.0. The van der Waals surface area contributed by atoms with Crippen LogP contribution in [0.15, 0.2) is 54.0 Å². The van der Waals surface area contributed by atoms with Crippen LogP contribution in [0.2, 0.25) is 0 Å². The molecular weight excluding hydrogens is 352 g/mol. The van der Waals surface area contributed by atoms with Gasteiger partial charge in [-0.1, -0.05) is 24.3 Å². The third-order valence-corrected chi connectivity index (χ3v) is 6.56. The summed E-state index contributed by atoms with van der Waals surface area (Å²) in [4.78, 5) is 6.88. The fourth-order valence-corrected chi connectivity index (χ4v) is 5.05. The van der Waals surface area contributed by atoms with Crippen molar-refractivity contribution in [1.29, 1.82) is 0 Å². The lowest BCUT2D eigenvalue weighted by molar-refractivity contribution is 0.362. The molecule has 0 atom stereocenters. The number of thiophene rings is 1. The highest BCUT2D eigenvalue weighted by atomic mass is 32.1. The Bertz CT molecular complexity index is 1140. The Hall–Kier alpha value is -2.43. The van der Waals surface area contributed by atoms with Gasteiger partial charge in [0, 0.05) is 34.5 Å². The van der Waals surface area contributed by atoms with Crippen LogP contribution in [0.1, 0.15) is 18.4 Å². The van der Waals surface area contributed by atoms with E-state index in [0.717, 1.165) is 38.7 Å². The molecule has 3 nitrogen and oxygen atoms in total. The zero-order valence-corrected chi connectivity index (χ0v) is 16.4. The summed E-state index contributed by atoms with van der Waals surface area (Å²) in [6, 6.07) is 14.6. The summed E-state index contributed by atoms with van der Waals surface area (Å²) < 4.78 is 1.15. The molecule has 2 heterocycles. The number of aromatic hydroxyl groups is 1. The van der Waals surface area contributed by atoms with Gasteiger partial charge in [0.25, 0.3) is 0 Å². The Morgan fingerprint density at radius 2 is 1.85 bits per heavy atom.